The first kappa shape index (κ1) is 33.0. The van der Waals surface area contributed by atoms with Crippen molar-refractivity contribution >= 4 is 29.5 Å². The molecule has 0 aromatic heterocycles. The Morgan fingerprint density at radius 3 is 1.93 bits per heavy atom. The zero-order chi connectivity index (χ0) is 30.2. The van der Waals surface area contributed by atoms with Crippen molar-refractivity contribution in [2.75, 3.05) is 13.1 Å². The van der Waals surface area contributed by atoms with E-state index in [1.807, 2.05) is 62.4 Å². The van der Waals surface area contributed by atoms with Gasteiger partial charge in [-0.2, -0.15) is 0 Å². The van der Waals surface area contributed by atoms with Crippen molar-refractivity contribution in [1.82, 2.24) is 26.6 Å². The largest absolute Gasteiger partial charge is 0.381 e. The fraction of sp³-hybridized carbons (Fsp3) is 0.433. The number of benzene rings is 2. The van der Waals surface area contributed by atoms with Crippen LogP contribution in [0.3, 0.4) is 0 Å². The summed E-state index contributed by atoms with van der Waals surface area (Å²) in [5, 5.41) is 23.6. The summed E-state index contributed by atoms with van der Waals surface area (Å²) in [6, 6.07) is 16.3. The van der Waals surface area contributed by atoms with E-state index in [9.17, 15) is 29.1 Å². The van der Waals surface area contributed by atoms with Gasteiger partial charge in [0.1, 0.15) is 6.04 Å². The normalized spacial score (nSPS) is 13.6. The van der Waals surface area contributed by atoms with Crippen molar-refractivity contribution in [1.29, 1.82) is 0 Å². The Bertz CT molecular complexity index is 1140. The topological polar surface area (TPSA) is 166 Å². The van der Waals surface area contributed by atoms with E-state index in [0.717, 1.165) is 11.1 Å². The van der Waals surface area contributed by atoms with Crippen molar-refractivity contribution in [2.24, 2.45) is 0 Å². The summed E-state index contributed by atoms with van der Waals surface area (Å²) in [7, 11) is 0. The Balaban J connectivity index is 1.83. The van der Waals surface area contributed by atoms with E-state index in [1.54, 1.807) is 19.1 Å². The molecule has 0 aliphatic carbocycles. The molecule has 0 aliphatic heterocycles. The molecule has 0 bridgehead atoms. The van der Waals surface area contributed by atoms with Gasteiger partial charge in [-0.25, -0.2) is 0 Å². The highest BCUT2D eigenvalue weighted by molar-refractivity contribution is 5.91. The summed E-state index contributed by atoms with van der Waals surface area (Å²) in [5.74, 6) is -2.68. The van der Waals surface area contributed by atoms with Gasteiger partial charge in [-0.1, -0.05) is 80.9 Å². The lowest BCUT2D eigenvalue weighted by Gasteiger charge is -2.26. The number of hydrogen-bond acceptors (Lipinski definition) is 6. The van der Waals surface area contributed by atoms with Gasteiger partial charge in [-0.3, -0.25) is 24.0 Å². The van der Waals surface area contributed by atoms with Crippen LogP contribution in [0.2, 0.25) is 0 Å². The minimum Gasteiger partial charge on any atom is -0.381 e. The number of rotatable bonds is 16. The molecule has 0 radical (unpaired) electrons. The Labute approximate surface area is 240 Å². The second-order valence-corrected chi connectivity index (χ2v) is 9.73. The molecule has 41 heavy (non-hydrogen) atoms. The van der Waals surface area contributed by atoms with E-state index in [-0.39, 0.29) is 44.3 Å². The van der Waals surface area contributed by atoms with Gasteiger partial charge in [-0.05, 0) is 30.9 Å². The molecule has 0 saturated carbocycles. The highest BCUT2D eigenvalue weighted by atomic mass is 16.3. The van der Waals surface area contributed by atoms with E-state index in [0.29, 0.717) is 6.42 Å². The van der Waals surface area contributed by atoms with Crippen LogP contribution in [0.1, 0.15) is 57.2 Å². The zero-order valence-electron chi connectivity index (χ0n) is 23.8. The fourth-order valence-corrected chi connectivity index (χ4v) is 4.10. The molecule has 3 unspecified atom stereocenters. The van der Waals surface area contributed by atoms with E-state index < -0.39 is 41.8 Å². The lowest BCUT2D eigenvalue weighted by Crippen LogP contribution is -2.56. The van der Waals surface area contributed by atoms with Gasteiger partial charge in [0.15, 0.2) is 6.10 Å². The van der Waals surface area contributed by atoms with Crippen LogP contribution in [-0.4, -0.2) is 65.9 Å². The van der Waals surface area contributed by atoms with Crippen molar-refractivity contribution in [3.05, 3.63) is 71.8 Å². The molecule has 222 valence electrons. The summed E-state index contributed by atoms with van der Waals surface area (Å²) >= 11 is 0. The van der Waals surface area contributed by atoms with Crippen molar-refractivity contribution in [2.45, 2.75) is 70.7 Å². The van der Waals surface area contributed by atoms with Crippen LogP contribution < -0.4 is 26.6 Å². The van der Waals surface area contributed by atoms with Crippen LogP contribution in [0.25, 0.3) is 0 Å². The number of amides is 5. The lowest BCUT2D eigenvalue weighted by molar-refractivity contribution is -0.135. The van der Waals surface area contributed by atoms with Gasteiger partial charge >= 0.3 is 0 Å². The molecule has 2 aromatic rings. The highest BCUT2D eigenvalue weighted by Gasteiger charge is 2.30. The predicted octanol–water partition coefficient (Wildman–Crippen LogP) is 0.880. The maximum absolute atomic E-state index is 12.9. The molecule has 0 fully saturated rings. The molecule has 5 amide bonds. The Morgan fingerprint density at radius 2 is 1.32 bits per heavy atom. The van der Waals surface area contributed by atoms with Crippen molar-refractivity contribution in [3.63, 3.8) is 0 Å². The SMILES string of the molecule is CCCC(NC(=O)[C@H](CC)NC(=O)CNC(=O)Cc1ccccc1)C(O)C(=O)NCC(=O)NC(C)c1ccccc1. The molecule has 6 N–H and O–H groups in total. The third-order valence-corrected chi connectivity index (χ3v) is 6.39. The molecule has 0 aliphatic rings. The fourth-order valence-electron chi connectivity index (χ4n) is 4.10. The molecule has 0 saturated heterocycles. The van der Waals surface area contributed by atoms with Crippen LogP contribution in [0.15, 0.2) is 60.7 Å². The van der Waals surface area contributed by atoms with Crippen LogP contribution in [-0.2, 0) is 30.4 Å². The van der Waals surface area contributed by atoms with Crippen LogP contribution in [0.4, 0.5) is 0 Å². The lowest BCUT2D eigenvalue weighted by atomic mass is 10.0. The van der Waals surface area contributed by atoms with Gasteiger partial charge in [0, 0.05) is 0 Å². The maximum atomic E-state index is 12.9. The molecule has 4 atom stereocenters. The molecular weight excluding hydrogens is 526 g/mol. The first-order valence-electron chi connectivity index (χ1n) is 13.8. The second-order valence-electron chi connectivity index (χ2n) is 9.73. The van der Waals surface area contributed by atoms with Crippen LogP contribution >= 0.6 is 0 Å². The van der Waals surface area contributed by atoms with Gasteiger partial charge in [-0.15, -0.1) is 0 Å². The standard InChI is InChI=1S/C30H41N5O6/c1-4-12-24(28(39)30(41)32-19-26(37)33-20(3)22-15-10-7-11-16-22)35-29(40)23(5-2)34-27(38)18-31-25(36)17-21-13-8-6-9-14-21/h6-11,13-16,20,23-24,28,39H,4-5,12,17-19H2,1-3H3,(H,31,36)(H,32,41)(H,33,37)(H,34,38)(H,35,40)/t20?,23-,24?,28?/m0/s1. The number of nitrogens with one attached hydrogen (secondary N) is 5. The van der Waals surface area contributed by atoms with E-state index in [1.165, 1.54) is 0 Å². The van der Waals surface area contributed by atoms with E-state index in [2.05, 4.69) is 26.6 Å². The number of hydrogen-bond donors (Lipinski definition) is 6. The highest BCUT2D eigenvalue weighted by Crippen LogP contribution is 2.10. The number of carbonyl (C=O) groups is 5. The summed E-state index contributed by atoms with van der Waals surface area (Å²) in [5.41, 5.74) is 1.72. The predicted molar refractivity (Wildman–Crippen MR) is 154 cm³/mol. The molecule has 2 rings (SSSR count). The average Bonchev–Trinajstić information content (AvgIpc) is 2.97. The van der Waals surface area contributed by atoms with Crippen LogP contribution in [0, 0.1) is 0 Å². The minimum atomic E-state index is -1.61. The first-order valence-corrected chi connectivity index (χ1v) is 13.8. The molecule has 11 nitrogen and oxygen atoms in total. The summed E-state index contributed by atoms with van der Waals surface area (Å²) in [6.45, 7) is 4.70. The van der Waals surface area contributed by atoms with E-state index >= 15 is 0 Å². The summed E-state index contributed by atoms with van der Waals surface area (Å²) in [4.78, 5) is 62.3. The van der Waals surface area contributed by atoms with Gasteiger partial charge in [0.25, 0.3) is 5.91 Å². The average molecular weight is 568 g/mol. The number of carbonyl (C=O) groups excluding carboxylic acids is 5. The maximum Gasteiger partial charge on any atom is 0.251 e. The van der Waals surface area contributed by atoms with Gasteiger partial charge < -0.3 is 31.7 Å². The Kier molecular flexibility index (Phi) is 14.0. The number of aliphatic hydroxyl groups is 1. The monoisotopic (exact) mass is 567 g/mol. The van der Waals surface area contributed by atoms with E-state index in [4.69, 9.17) is 0 Å². The molecular formula is C30H41N5O6. The van der Waals surface area contributed by atoms with Gasteiger partial charge in [0.2, 0.25) is 23.6 Å². The van der Waals surface area contributed by atoms with Crippen molar-refractivity contribution in [3.8, 4) is 0 Å². The smallest absolute Gasteiger partial charge is 0.251 e. The first-order chi connectivity index (χ1) is 19.6. The Hall–Kier alpha value is -4.25. The Morgan fingerprint density at radius 1 is 0.732 bits per heavy atom. The van der Waals surface area contributed by atoms with Crippen LogP contribution in [0.5, 0.6) is 0 Å². The quantitative estimate of drug-likeness (QED) is 0.176. The zero-order valence-corrected chi connectivity index (χ0v) is 23.8. The second kappa shape index (κ2) is 17.4. The van der Waals surface area contributed by atoms with Crippen molar-refractivity contribution < 1.29 is 29.1 Å². The summed E-state index contributed by atoms with van der Waals surface area (Å²) in [6.07, 6.45) is -0.392. The summed E-state index contributed by atoms with van der Waals surface area (Å²) < 4.78 is 0. The number of aliphatic hydroxyl groups excluding tert-OH is 1. The van der Waals surface area contributed by atoms with Gasteiger partial charge in [0.05, 0.1) is 31.6 Å². The third kappa shape index (κ3) is 11.8. The molecule has 2 aromatic carbocycles. The molecule has 0 spiro atoms. The molecule has 0 heterocycles. The molecule has 11 heteroatoms. The minimum absolute atomic E-state index is 0.123. The third-order valence-electron chi connectivity index (χ3n) is 6.39.